The van der Waals surface area contributed by atoms with Gasteiger partial charge in [-0.05, 0) is 12.8 Å². The number of amides is 1. The quantitative estimate of drug-likeness (QED) is 0.277. The van der Waals surface area contributed by atoms with Gasteiger partial charge in [0, 0.05) is 19.0 Å². The first-order valence-electron chi connectivity index (χ1n) is 5.35. The van der Waals surface area contributed by atoms with Crippen molar-refractivity contribution in [1.29, 1.82) is 0 Å². The van der Waals surface area contributed by atoms with Gasteiger partial charge in [0.2, 0.25) is 0 Å². The highest BCUT2D eigenvalue weighted by Crippen LogP contribution is 2.27. The summed E-state index contributed by atoms with van der Waals surface area (Å²) in [6.45, 7) is 0.423. The summed E-state index contributed by atoms with van der Waals surface area (Å²) in [5.41, 5.74) is 5.68. The van der Waals surface area contributed by atoms with E-state index in [2.05, 4.69) is 20.6 Å². The zero-order valence-corrected chi connectivity index (χ0v) is 9.20. The van der Waals surface area contributed by atoms with Crippen molar-refractivity contribution >= 4 is 11.7 Å². The lowest BCUT2D eigenvalue weighted by Gasteiger charge is -2.20. The molecule has 92 valence electrons. The third kappa shape index (κ3) is 2.71. The lowest BCUT2D eigenvalue weighted by atomic mass is 10.3. The van der Waals surface area contributed by atoms with Crippen LogP contribution in [-0.4, -0.2) is 49.8 Å². The molecule has 1 amide bonds. The summed E-state index contributed by atoms with van der Waals surface area (Å²) in [5.74, 6) is -0.0596. The second-order valence-electron chi connectivity index (χ2n) is 3.93. The first-order chi connectivity index (χ1) is 8.22. The van der Waals surface area contributed by atoms with Gasteiger partial charge in [-0.3, -0.25) is 4.79 Å². The molecule has 8 nitrogen and oxygen atoms in total. The van der Waals surface area contributed by atoms with Crippen LogP contribution in [0.25, 0.3) is 0 Å². The van der Waals surface area contributed by atoms with Crippen LogP contribution >= 0.6 is 0 Å². The van der Waals surface area contributed by atoms with Crippen molar-refractivity contribution in [2.75, 3.05) is 6.54 Å². The van der Waals surface area contributed by atoms with Crippen LogP contribution in [0.15, 0.2) is 11.4 Å². The number of rotatable bonds is 5. The van der Waals surface area contributed by atoms with E-state index in [0.717, 1.165) is 12.8 Å². The second-order valence-corrected chi connectivity index (χ2v) is 3.93. The molecule has 1 aliphatic rings. The zero-order valence-electron chi connectivity index (χ0n) is 9.20. The van der Waals surface area contributed by atoms with E-state index < -0.39 is 0 Å². The van der Waals surface area contributed by atoms with Gasteiger partial charge < -0.3 is 15.8 Å². The molecule has 8 heteroatoms. The number of carbonyl (C=O) groups excluding carboxylic acids is 1. The van der Waals surface area contributed by atoms with Gasteiger partial charge >= 0.3 is 0 Å². The van der Waals surface area contributed by atoms with E-state index in [9.17, 15) is 4.79 Å². The number of nitrogens with zero attached hydrogens (tertiary/aromatic N) is 4. The average Bonchev–Trinajstić information content (AvgIpc) is 3.02. The maximum absolute atomic E-state index is 12.0. The van der Waals surface area contributed by atoms with Crippen LogP contribution in [0.3, 0.4) is 0 Å². The summed E-state index contributed by atoms with van der Waals surface area (Å²) in [4.78, 5) is 13.7. The van der Waals surface area contributed by atoms with Crippen molar-refractivity contribution in [1.82, 2.24) is 20.3 Å². The van der Waals surface area contributed by atoms with Gasteiger partial charge in [0.15, 0.2) is 5.69 Å². The molecule has 4 N–H and O–H groups in total. The highest BCUT2D eigenvalue weighted by Gasteiger charge is 2.33. The summed E-state index contributed by atoms with van der Waals surface area (Å²) in [6.07, 6.45) is 3.71. The van der Waals surface area contributed by atoms with Crippen LogP contribution < -0.4 is 5.73 Å². The molecule has 1 aliphatic carbocycles. The van der Waals surface area contributed by atoms with Crippen LogP contribution in [0, 0.1) is 0 Å². The van der Waals surface area contributed by atoms with Crippen molar-refractivity contribution < 1.29 is 10.0 Å². The van der Waals surface area contributed by atoms with Gasteiger partial charge in [-0.15, -0.1) is 0 Å². The SMILES string of the molecule is NC(CCN(C(=O)c1cn[nH]n1)C1CC1)=NO. The van der Waals surface area contributed by atoms with E-state index in [1.54, 1.807) is 4.90 Å². The summed E-state index contributed by atoms with van der Waals surface area (Å²) in [5, 5.41) is 21.1. The van der Waals surface area contributed by atoms with Crippen LogP contribution in [0.1, 0.15) is 29.8 Å². The predicted molar refractivity (Wildman–Crippen MR) is 58.5 cm³/mol. The van der Waals surface area contributed by atoms with Gasteiger partial charge in [-0.25, -0.2) is 0 Å². The van der Waals surface area contributed by atoms with Gasteiger partial charge in [-0.2, -0.15) is 15.4 Å². The Hall–Kier alpha value is -2.12. The van der Waals surface area contributed by atoms with E-state index in [-0.39, 0.29) is 23.5 Å². The number of hydrogen-bond acceptors (Lipinski definition) is 5. The molecule has 0 radical (unpaired) electrons. The average molecular weight is 238 g/mol. The van der Waals surface area contributed by atoms with Crippen LogP contribution in [0.5, 0.6) is 0 Å². The second kappa shape index (κ2) is 4.81. The normalized spacial score (nSPS) is 15.9. The monoisotopic (exact) mass is 238 g/mol. The Kier molecular flexibility index (Phi) is 3.22. The van der Waals surface area contributed by atoms with Gasteiger partial charge in [0.05, 0.1) is 6.20 Å². The number of carbonyl (C=O) groups is 1. The molecule has 0 atom stereocenters. The molecule has 1 aromatic rings. The molecule has 0 unspecified atom stereocenters. The van der Waals surface area contributed by atoms with Crippen LogP contribution in [-0.2, 0) is 0 Å². The van der Waals surface area contributed by atoms with Crippen LogP contribution in [0.2, 0.25) is 0 Å². The Labute approximate surface area is 97.5 Å². The van der Waals surface area contributed by atoms with Crippen molar-refractivity contribution in [3.63, 3.8) is 0 Å². The molecule has 0 bridgehead atoms. The van der Waals surface area contributed by atoms with Gasteiger partial charge in [0.1, 0.15) is 5.84 Å². The third-order valence-electron chi connectivity index (χ3n) is 2.62. The molecule has 0 aliphatic heterocycles. The summed E-state index contributed by atoms with van der Waals surface area (Å²) in [6, 6.07) is 0.241. The summed E-state index contributed by atoms with van der Waals surface area (Å²) >= 11 is 0. The Balaban J connectivity index is 2.00. The minimum atomic E-state index is -0.174. The van der Waals surface area contributed by atoms with E-state index in [1.165, 1.54) is 6.20 Å². The Morgan fingerprint density at radius 3 is 3.00 bits per heavy atom. The topological polar surface area (TPSA) is 120 Å². The fourth-order valence-electron chi connectivity index (χ4n) is 1.57. The number of nitrogens with two attached hydrogens (primary N) is 1. The molecule has 17 heavy (non-hydrogen) atoms. The fraction of sp³-hybridized carbons (Fsp3) is 0.556. The van der Waals surface area contributed by atoms with E-state index in [1.807, 2.05) is 0 Å². The lowest BCUT2D eigenvalue weighted by Crippen LogP contribution is -2.36. The first-order valence-corrected chi connectivity index (χ1v) is 5.35. The van der Waals surface area contributed by atoms with Crippen molar-refractivity contribution in [3.05, 3.63) is 11.9 Å². The number of oxime groups is 1. The standard InChI is InChI=1S/C9H14N6O2/c10-8(13-17)3-4-15(6-1-2-6)9(16)7-5-11-14-12-7/h5-6,17H,1-4H2,(H2,10,13)(H,11,12,14). The largest absolute Gasteiger partial charge is 0.409 e. The zero-order chi connectivity index (χ0) is 12.3. The summed E-state index contributed by atoms with van der Waals surface area (Å²) < 4.78 is 0. The minimum Gasteiger partial charge on any atom is -0.409 e. The van der Waals surface area contributed by atoms with Crippen LogP contribution in [0.4, 0.5) is 0 Å². The smallest absolute Gasteiger partial charge is 0.276 e. The third-order valence-corrected chi connectivity index (χ3v) is 2.62. The number of aromatic nitrogens is 3. The Bertz CT molecular complexity index is 411. The number of aromatic amines is 1. The lowest BCUT2D eigenvalue weighted by molar-refractivity contribution is 0.0741. The Morgan fingerprint density at radius 1 is 1.71 bits per heavy atom. The van der Waals surface area contributed by atoms with E-state index >= 15 is 0 Å². The van der Waals surface area contributed by atoms with Crippen molar-refractivity contribution in [3.8, 4) is 0 Å². The molecular formula is C9H14N6O2. The van der Waals surface area contributed by atoms with E-state index in [4.69, 9.17) is 10.9 Å². The number of nitrogens with one attached hydrogen (secondary N) is 1. The summed E-state index contributed by atoms with van der Waals surface area (Å²) in [7, 11) is 0. The molecule has 1 fully saturated rings. The molecule has 1 aromatic heterocycles. The maximum atomic E-state index is 12.0. The molecule has 1 saturated carbocycles. The number of amidine groups is 1. The highest BCUT2D eigenvalue weighted by molar-refractivity contribution is 5.92. The fourth-order valence-corrected chi connectivity index (χ4v) is 1.57. The number of H-pyrrole nitrogens is 1. The highest BCUT2D eigenvalue weighted by atomic mass is 16.4. The predicted octanol–water partition coefficient (Wildman–Crippen LogP) is -0.454. The van der Waals surface area contributed by atoms with Gasteiger partial charge in [0.25, 0.3) is 5.91 Å². The van der Waals surface area contributed by atoms with Gasteiger partial charge in [-0.1, -0.05) is 5.16 Å². The number of hydrogen-bond donors (Lipinski definition) is 3. The van der Waals surface area contributed by atoms with Crippen molar-refractivity contribution in [2.24, 2.45) is 10.9 Å². The molecule has 0 aromatic carbocycles. The maximum Gasteiger partial charge on any atom is 0.276 e. The molecule has 0 spiro atoms. The molecule has 2 rings (SSSR count). The van der Waals surface area contributed by atoms with E-state index in [0.29, 0.717) is 13.0 Å². The molecule has 1 heterocycles. The Morgan fingerprint density at radius 2 is 2.47 bits per heavy atom. The molecule has 0 saturated heterocycles. The van der Waals surface area contributed by atoms with Crippen molar-refractivity contribution in [2.45, 2.75) is 25.3 Å². The molecular weight excluding hydrogens is 224 g/mol. The first kappa shape index (κ1) is 11.4. The minimum absolute atomic E-state index is 0.114.